The van der Waals surface area contributed by atoms with Crippen molar-refractivity contribution in [3.8, 4) is 5.75 Å². The van der Waals surface area contributed by atoms with Gasteiger partial charge in [-0.1, -0.05) is 0 Å². The number of ether oxygens (including phenoxy) is 2. The van der Waals surface area contributed by atoms with Gasteiger partial charge in [-0.2, -0.15) is 5.10 Å². The fourth-order valence-electron chi connectivity index (χ4n) is 4.67. The highest BCUT2D eigenvalue weighted by Crippen LogP contribution is 2.38. The Morgan fingerprint density at radius 3 is 2.51 bits per heavy atom. The van der Waals surface area contributed by atoms with Crippen LogP contribution in [0.5, 0.6) is 5.75 Å². The second-order valence-electron chi connectivity index (χ2n) is 8.70. The number of rotatable bonds is 4. The molecule has 0 unspecified atom stereocenters. The van der Waals surface area contributed by atoms with Crippen molar-refractivity contribution in [3.05, 3.63) is 66.4 Å². The van der Waals surface area contributed by atoms with E-state index < -0.39 is 0 Å². The van der Waals surface area contributed by atoms with E-state index in [2.05, 4.69) is 16.1 Å². The van der Waals surface area contributed by atoms with Gasteiger partial charge in [0, 0.05) is 43.0 Å². The summed E-state index contributed by atoms with van der Waals surface area (Å²) in [6.07, 6.45) is 1.96. The number of methoxy groups -OCH3 is 1. The molecule has 35 heavy (non-hydrogen) atoms. The molecule has 1 fully saturated rings. The van der Waals surface area contributed by atoms with E-state index in [0.717, 1.165) is 52.5 Å². The fraction of sp³-hybridized carbons (Fsp3) is 0.269. The molecule has 4 heterocycles. The Bertz CT molecular complexity index is 1390. The Morgan fingerprint density at radius 2 is 1.74 bits per heavy atom. The summed E-state index contributed by atoms with van der Waals surface area (Å²) in [6.45, 7) is 3.33. The second-order valence-corrected chi connectivity index (χ2v) is 8.70. The van der Waals surface area contributed by atoms with Crippen LogP contribution in [0.4, 0.5) is 27.8 Å². The van der Waals surface area contributed by atoms with E-state index in [4.69, 9.17) is 14.5 Å². The third-order valence-electron chi connectivity index (χ3n) is 6.48. The van der Waals surface area contributed by atoms with Crippen LogP contribution in [0, 0.1) is 0 Å². The predicted molar refractivity (Wildman–Crippen MR) is 135 cm³/mol. The average molecular weight is 471 g/mol. The van der Waals surface area contributed by atoms with Gasteiger partial charge in [0.25, 0.3) is 0 Å². The standard InChI is InChI=1S/C26H26N6O3/c1-29-16-19-15-21(6-9-23(19)28-29)31-17-18-3-10-24(30-11-13-35-14-12-30)27-25(18)32(26(31)33)20-4-7-22(34-2)8-5-20/h3-10,15-16H,11-14,17H2,1-2H3. The number of carbonyl (C=O) groups excluding carboxylic acids is 1. The minimum absolute atomic E-state index is 0.155. The van der Waals surface area contributed by atoms with E-state index in [1.807, 2.05) is 61.8 Å². The van der Waals surface area contributed by atoms with Gasteiger partial charge < -0.3 is 14.4 Å². The van der Waals surface area contributed by atoms with E-state index in [0.29, 0.717) is 25.6 Å². The molecule has 0 saturated carbocycles. The Balaban J connectivity index is 1.44. The van der Waals surface area contributed by atoms with Crippen LogP contribution in [-0.2, 0) is 18.3 Å². The average Bonchev–Trinajstić information content (AvgIpc) is 3.28. The molecule has 0 radical (unpaired) electrons. The van der Waals surface area contributed by atoms with Crippen LogP contribution >= 0.6 is 0 Å². The Hall–Kier alpha value is -4.11. The van der Waals surface area contributed by atoms with Crippen molar-refractivity contribution in [1.82, 2.24) is 14.8 Å². The Labute approximate surface area is 203 Å². The summed E-state index contributed by atoms with van der Waals surface area (Å²) in [5.41, 5.74) is 3.42. The number of anilines is 4. The number of amides is 2. The van der Waals surface area contributed by atoms with Gasteiger partial charge >= 0.3 is 6.03 Å². The molecule has 9 nitrogen and oxygen atoms in total. The summed E-state index contributed by atoms with van der Waals surface area (Å²) >= 11 is 0. The van der Waals surface area contributed by atoms with Crippen molar-refractivity contribution in [2.24, 2.45) is 7.05 Å². The summed E-state index contributed by atoms with van der Waals surface area (Å²) < 4.78 is 12.6. The maximum absolute atomic E-state index is 14.0. The smallest absolute Gasteiger partial charge is 0.335 e. The van der Waals surface area contributed by atoms with Gasteiger partial charge in [-0.05, 0) is 54.6 Å². The molecule has 6 rings (SSSR count). The molecule has 2 aliphatic heterocycles. The number of carbonyl (C=O) groups is 1. The molecule has 0 spiro atoms. The molecule has 1 saturated heterocycles. The number of fused-ring (bicyclic) bond motifs is 2. The zero-order valence-electron chi connectivity index (χ0n) is 19.7. The molecule has 2 aromatic heterocycles. The predicted octanol–water partition coefficient (Wildman–Crippen LogP) is 4.09. The topological polar surface area (TPSA) is 76.0 Å². The van der Waals surface area contributed by atoms with Crippen LogP contribution in [0.1, 0.15) is 5.56 Å². The molecule has 2 aromatic carbocycles. The molecule has 0 atom stereocenters. The lowest BCUT2D eigenvalue weighted by molar-refractivity contribution is 0.122. The number of aromatic nitrogens is 3. The van der Waals surface area contributed by atoms with E-state index in [9.17, 15) is 4.79 Å². The quantitative estimate of drug-likeness (QED) is 0.447. The lowest BCUT2D eigenvalue weighted by Crippen LogP contribution is -2.46. The molecule has 0 N–H and O–H groups in total. The van der Waals surface area contributed by atoms with Gasteiger partial charge in [0.1, 0.15) is 17.4 Å². The summed E-state index contributed by atoms with van der Waals surface area (Å²) in [6, 6.07) is 17.3. The number of urea groups is 1. The number of morpholine rings is 1. The number of pyridine rings is 1. The lowest BCUT2D eigenvalue weighted by Gasteiger charge is -2.37. The number of benzene rings is 2. The van der Waals surface area contributed by atoms with Crippen molar-refractivity contribution in [2.75, 3.05) is 48.1 Å². The number of nitrogens with zero attached hydrogens (tertiary/aromatic N) is 6. The summed E-state index contributed by atoms with van der Waals surface area (Å²) in [7, 11) is 3.52. The Morgan fingerprint density at radius 1 is 0.971 bits per heavy atom. The van der Waals surface area contributed by atoms with Gasteiger partial charge in [0.15, 0.2) is 0 Å². The van der Waals surface area contributed by atoms with Crippen molar-refractivity contribution in [1.29, 1.82) is 0 Å². The van der Waals surface area contributed by atoms with Crippen LogP contribution in [0.3, 0.4) is 0 Å². The van der Waals surface area contributed by atoms with E-state index in [1.165, 1.54) is 0 Å². The summed E-state index contributed by atoms with van der Waals surface area (Å²) in [5, 5.41) is 5.44. The first-order valence-corrected chi connectivity index (χ1v) is 11.6. The van der Waals surface area contributed by atoms with Crippen molar-refractivity contribution < 1.29 is 14.3 Å². The van der Waals surface area contributed by atoms with Crippen LogP contribution < -0.4 is 19.4 Å². The molecular formula is C26H26N6O3. The Kier molecular flexibility index (Phi) is 5.26. The zero-order valence-corrected chi connectivity index (χ0v) is 19.7. The number of hydrogen-bond acceptors (Lipinski definition) is 6. The molecule has 0 aliphatic carbocycles. The third kappa shape index (κ3) is 3.83. The largest absolute Gasteiger partial charge is 0.497 e. The highest BCUT2D eigenvalue weighted by molar-refractivity contribution is 6.10. The number of hydrogen-bond donors (Lipinski definition) is 0. The molecule has 9 heteroatoms. The van der Waals surface area contributed by atoms with Gasteiger partial charge in [-0.25, -0.2) is 14.7 Å². The molecule has 178 valence electrons. The van der Waals surface area contributed by atoms with Gasteiger partial charge in [-0.3, -0.25) is 9.58 Å². The number of aryl methyl sites for hydroxylation is 1. The van der Waals surface area contributed by atoms with Crippen LogP contribution in [-0.4, -0.2) is 54.2 Å². The van der Waals surface area contributed by atoms with E-state index >= 15 is 0 Å². The van der Waals surface area contributed by atoms with Crippen molar-refractivity contribution >= 4 is 39.9 Å². The maximum atomic E-state index is 14.0. The molecular weight excluding hydrogens is 444 g/mol. The minimum atomic E-state index is -0.155. The van der Waals surface area contributed by atoms with Crippen molar-refractivity contribution in [2.45, 2.75) is 6.54 Å². The second kappa shape index (κ2) is 8.59. The van der Waals surface area contributed by atoms with Crippen molar-refractivity contribution in [3.63, 3.8) is 0 Å². The zero-order chi connectivity index (χ0) is 23.9. The fourth-order valence-corrected chi connectivity index (χ4v) is 4.67. The third-order valence-corrected chi connectivity index (χ3v) is 6.48. The molecule has 2 amide bonds. The lowest BCUT2D eigenvalue weighted by atomic mass is 10.1. The minimum Gasteiger partial charge on any atom is -0.497 e. The molecule has 4 aromatic rings. The highest BCUT2D eigenvalue weighted by Gasteiger charge is 2.34. The van der Waals surface area contributed by atoms with Gasteiger partial charge in [0.2, 0.25) is 0 Å². The first-order valence-electron chi connectivity index (χ1n) is 11.6. The molecule has 2 aliphatic rings. The first kappa shape index (κ1) is 21.4. The first-order chi connectivity index (χ1) is 17.1. The van der Waals surface area contributed by atoms with Crippen LogP contribution in [0.25, 0.3) is 10.9 Å². The highest BCUT2D eigenvalue weighted by atomic mass is 16.5. The van der Waals surface area contributed by atoms with Crippen LogP contribution in [0.2, 0.25) is 0 Å². The monoisotopic (exact) mass is 470 g/mol. The van der Waals surface area contributed by atoms with Gasteiger partial charge in [-0.15, -0.1) is 0 Å². The normalized spacial score (nSPS) is 16.1. The van der Waals surface area contributed by atoms with Gasteiger partial charge in [0.05, 0.1) is 38.1 Å². The maximum Gasteiger partial charge on any atom is 0.335 e. The van der Waals surface area contributed by atoms with E-state index in [1.54, 1.807) is 21.6 Å². The van der Waals surface area contributed by atoms with E-state index in [-0.39, 0.29) is 6.03 Å². The molecule has 0 bridgehead atoms. The summed E-state index contributed by atoms with van der Waals surface area (Å²) in [5.74, 6) is 2.23. The SMILES string of the molecule is COc1ccc(N2C(=O)N(c3ccc4nn(C)cc4c3)Cc3ccc(N4CCOCC4)nc32)cc1. The summed E-state index contributed by atoms with van der Waals surface area (Å²) in [4.78, 5) is 24.6. The van der Waals surface area contributed by atoms with Crippen LogP contribution in [0.15, 0.2) is 60.8 Å².